The zero-order chi connectivity index (χ0) is 9.14. The van der Waals surface area contributed by atoms with Crippen molar-refractivity contribution in [2.24, 2.45) is 5.73 Å². The Labute approximate surface area is 77.8 Å². The van der Waals surface area contributed by atoms with Crippen molar-refractivity contribution in [1.29, 1.82) is 0 Å². The van der Waals surface area contributed by atoms with Crippen LogP contribution < -0.4 is 5.73 Å². The number of aromatic nitrogens is 1. The normalized spacial score (nSPS) is 13.0. The topological polar surface area (TPSA) is 38.9 Å². The molecule has 0 fully saturated rings. The van der Waals surface area contributed by atoms with Crippen LogP contribution in [0.5, 0.6) is 0 Å². The zero-order valence-electron chi connectivity index (χ0n) is 7.34. The molecule has 0 aliphatic rings. The molecular formula is C9H13ClN2. The molecule has 1 heterocycles. The molecule has 0 aliphatic carbocycles. The summed E-state index contributed by atoms with van der Waals surface area (Å²) >= 11 is 5.80. The van der Waals surface area contributed by atoms with Gasteiger partial charge in [-0.15, -0.1) is 0 Å². The first-order valence-corrected chi connectivity index (χ1v) is 4.35. The average Bonchev–Trinajstić information content (AvgIpc) is 2.01. The maximum absolute atomic E-state index is 5.80. The quantitative estimate of drug-likeness (QED) is 0.716. The Kier molecular flexibility index (Phi) is 3.06. The first-order valence-electron chi connectivity index (χ1n) is 3.97. The molecule has 1 rings (SSSR count). The molecule has 66 valence electrons. The van der Waals surface area contributed by atoms with Gasteiger partial charge in [-0.1, -0.05) is 18.5 Å². The molecule has 0 saturated carbocycles. The molecular weight excluding hydrogens is 172 g/mol. The highest BCUT2D eigenvalue weighted by atomic mass is 35.5. The van der Waals surface area contributed by atoms with Crippen molar-refractivity contribution in [3.63, 3.8) is 0 Å². The van der Waals surface area contributed by atoms with E-state index in [1.807, 2.05) is 19.1 Å². The molecule has 0 spiro atoms. The number of nitrogens with zero attached hydrogens (tertiary/aromatic N) is 1. The highest BCUT2D eigenvalue weighted by molar-refractivity contribution is 6.29. The Hall–Kier alpha value is -0.600. The lowest BCUT2D eigenvalue weighted by Crippen LogP contribution is -2.09. The Morgan fingerprint density at radius 2 is 2.25 bits per heavy atom. The molecule has 0 aliphatic heterocycles. The van der Waals surface area contributed by atoms with Crippen LogP contribution in [0, 0.1) is 6.92 Å². The Morgan fingerprint density at radius 1 is 1.58 bits per heavy atom. The second-order valence-corrected chi connectivity index (χ2v) is 3.39. The minimum absolute atomic E-state index is 0.351. The molecule has 0 amide bonds. The van der Waals surface area contributed by atoms with Crippen LogP contribution in [0.15, 0.2) is 12.1 Å². The second kappa shape index (κ2) is 3.87. The maximum atomic E-state index is 5.80. The minimum Gasteiger partial charge on any atom is -0.330 e. The van der Waals surface area contributed by atoms with Crippen LogP contribution in [-0.4, -0.2) is 11.5 Å². The summed E-state index contributed by atoms with van der Waals surface area (Å²) < 4.78 is 0. The monoisotopic (exact) mass is 184 g/mol. The highest BCUT2D eigenvalue weighted by Crippen LogP contribution is 2.17. The van der Waals surface area contributed by atoms with E-state index in [1.54, 1.807) is 0 Å². The molecule has 12 heavy (non-hydrogen) atoms. The molecule has 1 atom stereocenters. The number of pyridine rings is 1. The smallest absolute Gasteiger partial charge is 0.129 e. The van der Waals surface area contributed by atoms with Crippen molar-refractivity contribution < 1.29 is 0 Å². The largest absolute Gasteiger partial charge is 0.330 e. The molecule has 0 bridgehead atoms. The standard InChI is InChI=1S/C9H13ClN2/c1-6(5-11)8-3-7(2)12-9(10)4-8/h3-4,6H,5,11H2,1-2H3. The van der Waals surface area contributed by atoms with Crippen LogP contribution in [0.3, 0.4) is 0 Å². The SMILES string of the molecule is Cc1cc(C(C)CN)cc(Cl)n1. The summed E-state index contributed by atoms with van der Waals surface area (Å²) in [5.74, 6) is 0.351. The van der Waals surface area contributed by atoms with Crippen LogP contribution in [0.4, 0.5) is 0 Å². The molecule has 0 radical (unpaired) electrons. The van der Waals surface area contributed by atoms with Gasteiger partial charge in [0.15, 0.2) is 0 Å². The first-order chi connectivity index (χ1) is 5.63. The fourth-order valence-corrected chi connectivity index (χ4v) is 1.33. The summed E-state index contributed by atoms with van der Waals surface area (Å²) in [6.07, 6.45) is 0. The maximum Gasteiger partial charge on any atom is 0.129 e. The van der Waals surface area contributed by atoms with Gasteiger partial charge in [0, 0.05) is 5.69 Å². The van der Waals surface area contributed by atoms with E-state index in [9.17, 15) is 0 Å². The minimum atomic E-state index is 0.351. The number of halogens is 1. The molecule has 1 aromatic rings. The average molecular weight is 185 g/mol. The lowest BCUT2D eigenvalue weighted by Gasteiger charge is -2.09. The van der Waals surface area contributed by atoms with E-state index in [0.717, 1.165) is 11.3 Å². The number of rotatable bonds is 2. The van der Waals surface area contributed by atoms with E-state index in [0.29, 0.717) is 17.6 Å². The van der Waals surface area contributed by atoms with Gasteiger partial charge in [-0.25, -0.2) is 4.98 Å². The van der Waals surface area contributed by atoms with Crippen LogP contribution >= 0.6 is 11.6 Å². The first kappa shape index (κ1) is 9.49. The zero-order valence-corrected chi connectivity index (χ0v) is 8.10. The molecule has 1 unspecified atom stereocenters. The predicted octanol–water partition coefficient (Wildman–Crippen LogP) is 2.11. The summed E-state index contributed by atoms with van der Waals surface area (Å²) in [6, 6.07) is 3.88. The lowest BCUT2D eigenvalue weighted by molar-refractivity contribution is 0.770. The molecule has 0 aromatic carbocycles. The fraction of sp³-hybridized carbons (Fsp3) is 0.444. The number of hydrogen-bond donors (Lipinski definition) is 1. The van der Waals surface area contributed by atoms with E-state index in [2.05, 4.69) is 11.9 Å². The van der Waals surface area contributed by atoms with E-state index in [1.165, 1.54) is 0 Å². The summed E-state index contributed by atoms with van der Waals surface area (Å²) in [7, 11) is 0. The van der Waals surface area contributed by atoms with E-state index < -0.39 is 0 Å². The van der Waals surface area contributed by atoms with Gasteiger partial charge in [0.1, 0.15) is 5.15 Å². The Morgan fingerprint density at radius 3 is 2.75 bits per heavy atom. The van der Waals surface area contributed by atoms with Gasteiger partial charge in [-0.2, -0.15) is 0 Å². The van der Waals surface area contributed by atoms with Crippen LogP contribution in [0.1, 0.15) is 24.1 Å². The van der Waals surface area contributed by atoms with Gasteiger partial charge in [-0.3, -0.25) is 0 Å². The van der Waals surface area contributed by atoms with Crippen molar-refractivity contribution in [1.82, 2.24) is 4.98 Å². The van der Waals surface area contributed by atoms with Crippen molar-refractivity contribution in [3.8, 4) is 0 Å². The molecule has 3 heteroatoms. The van der Waals surface area contributed by atoms with Gasteiger partial charge >= 0.3 is 0 Å². The number of aryl methyl sites for hydroxylation is 1. The van der Waals surface area contributed by atoms with Gasteiger partial charge in [-0.05, 0) is 37.1 Å². The number of hydrogen-bond acceptors (Lipinski definition) is 2. The highest BCUT2D eigenvalue weighted by Gasteiger charge is 2.04. The van der Waals surface area contributed by atoms with Gasteiger partial charge < -0.3 is 5.73 Å². The molecule has 1 aromatic heterocycles. The predicted molar refractivity (Wildman–Crippen MR) is 51.5 cm³/mol. The Balaban J connectivity index is 3.00. The van der Waals surface area contributed by atoms with E-state index >= 15 is 0 Å². The van der Waals surface area contributed by atoms with Crippen LogP contribution in [-0.2, 0) is 0 Å². The third-order valence-corrected chi connectivity index (χ3v) is 2.06. The second-order valence-electron chi connectivity index (χ2n) is 3.00. The number of nitrogens with two attached hydrogens (primary N) is 1. The Bertz CT molecular complexity index is 253. The fourth-order valence-electron chi connectivity index (χ4n) is 1.07. The van der Waals surface area contributed by atoms with Gasteiger partial charge in [0.05, 0.1) is 0 Å². The van der Waals surface area contributed by atoms with Gasteiger partial charge in [0.25, 0.3) is 0 Å². The van der Waals surface area contributed by atoms with Crippen LogP contribution in [0.2, 0.25) is 5.15 Å². The molecule has 2 N–H and O–H groups in total. The van der Waals surface area contributed by atoms with Crippen molar-refractivity contribution in [2.75, 3.05) is 6.54 Å². The third-order valence-electron chi connectivity index (χ3n) is 1.87. The summed E-state index contributed by atoms with van der Waals surface area (Å²) in [6.45, 7) is 4.64. The molecule has 2 nitrogen and oxygen atoms in total. The summed E-state index contributed by atoms with van der Waals surface area (Å²) in [4.78, 5) is 4.08. The van der Waals surface area contributed by atoms with E-state index in [-0.39, 0.29) is 0 Å². The van der Waals surface area contributed by atoms with Crippen molar-refractivity contribution in [3.05, 3.63) is 28.5 Å². The lowest BCUT2D eigenvalue weighted by atomic mass is 10.0. The van der Waals surface area contributed by atoms with Crippen molar-refractivity contribution in [2.45, 2.75) is 19.8 Å². The van der Waals surface area contributed by atoms with E-state index in [4.69, 9.17) is 17.3 Å². The molecule has 0 saturated heterocycles. The summed E-state index contributed by atoms with van der Waals surface area (Å²) in [5.41, 5.74) is 7.65. The van der Waals surface area contributed by atoms with Crippen LogP contribution in [0.25, 0.3) is 0 Å². The third kappa shape index (κ3) is 2.19. The van der Waals surface area contributed by atoms with Crippen molar-refractivity contribution >= 4 is 11.6 Å². The summed E-state index contributed by atoms with van der Waals surface area (Å²) in [5, 5.41) is 0.547. The van der Waals surface area contributed by atoms with Gasteiger partial charge in [0.2, 0.25) is 0 Å².